The van der Waals surface area contributed by atoms with Crippen LogP contribution in [0.1, 0.15) is 64.4 Å². The van der Waals surface area contributed by atoms with Crippen LogP contribution in [0.5, 0.6) is 0 Å². The van der Waals surface area contributed by atoms with Gasteiger partial charge < -0.3 is 14.2 Å². The number of halogens is 2. The summed E-state index contributed by atoms with van der Waals surface area (Å²) in [6, 6.07) is 8.88. The molecule has 0 spiro atoms. The van der Waals surface area contributed by atoms with Crippen molar-refractivity contribution in [2.24, 2.45) is 7.05 Å². The molecule has 0 radical (unpaired) electrons. The molecule has 2 fully saturated rings. The van der Waals surface area contributed by atoms with Crippen LogP contribution in [0.15, 0.2) is 24.3 Å². The summed E-state index contributed by atoms with van der Waals surface area (Å²) in [6.07, 6.45) is 3.61. The molecule has 3 aromatic rings. The summed E-state index contributed by atoms with van der Waals surface area (Å²) in [7, 11) is 1.96. The highest BCUT2D eigenvalue weighted by molar-refractivity contribution is 6.30. The lowest BCUT2D eigenvalue weighted by molar-refractivity contribution is 0.160. The molecular weight excluding hydrogens is 495 g/mol. The molecule has 0 N–H and O–H groups in total. The molecule has 0 aliphatic carbocycles. The fourth-order valence-electron chi connectivity index (χ4n) is 4.81. The number of imidazole rings is 1. The van der Waals surface area contributed by atoms with Gasteiger partial charge in [-0.1, -0.05) is 44.5 Å². The van der Waals surface area contributed by atoms with Gasteiger partial charge >= 0.3 is 0 Å². The van der Waals surface area contributed by atoms with Gasteiger partial charge in [0.15, 0.2) is 17.0 Å². The van der Waals surface area contributed by atoms with Crippen LogP contribution in [-0.4, -0.2) is 63.3 Å². The first-order chi connectivity index (χ1) is 17.4. The third-order valence-electron chi connectivity index (χ3n) is 6.74. The van der Waals surface area contributed by atoms with E-state index in [9.17, 15) is 0 Å². The van der Waals surface area contributed by atoms with Crippen LogP contribution in [0.4, 0.5) is 5.82 Å². The van der Waals surface area contributed by atoms with Gasteiger partial charge in [-0.2, -0.15) is 9.97 Å². The number of aromatic nitrogens is 4. The zero-order valence-electron chi connectivity index (χ0n) is 22.5. The maximum Gasteiger partial charge on any atom is 0.226 e. The molecule has 2 unspecified atom stereocenters. The molecule has 2 aromatic heterocycles. The highest BCUT2D eigenvalue weighted by Crippen LogP contribution is 2.32. The molecule has 4 heterocycles. The second-order valence-electron chi connectivity index (χ2n) is 9.04. The number of piperazine rings is 1. The van der Waals surface area contributed by atoms with E-state index in [1.165, 1.54) is 18.4 Å². The van der Waals surface area contributed by atoms with Crippen molar-refractivity contribution in [1.29, 1.82) is 0 Å². The lowest BCUT2D eigenvalue weighted by atomic mass is 10.0. The summed E-state index contributed by atoms with van der Waals surface area (Å²) in [4.78, 5) is 18.5. The first-order valence-electron chi connectivity index (χ1n) is 13.1. The number of ether oxygens (including phenoxy) is 1. The zero-order chi connectivity index (χ0) is 26.2. The largest absolute Gasteiger partial charge is 0.381 e. The maximum atomic E-state index is 6.26. The van der Waals surface area contributed by atoms with Gasteiger partial charge in [0.05, 0.1) is 0 Å². The lowest BCUT2D eigenvalue weighted by Crippen LogP contribution is -2.53. The van der Waals surface area contributed by atoms with E-state index in [4.69, 9.17) is 32.9 Å². The molecule has 198 valence electrons. The summed E-state index contributed by atoms with van der Waals surface area (Å²) in [5.74, 6) is 1.73. The van der Waals surface area contributed by atoms with Gasteiger partial charge in [0.1, 0.15) is 5.82 Å². The quantitative estimate of drug-likeness (QED) is 0.357. The summed E-state index contributed by atoms with van der Waals surface area (Å²) < 4.78 is 6.90. The molecule has 36 heavy (non-hydrogen) atoms. The number of hydrogen-bond donors (Lipinski definition) is 0. The molecule has 0 bridgehead atoms. The topological polar surface area (TPSA) is 59.3 Å². The predicted octanol–water partition coefficient (Wildman–Crippen LogP) is 6.46. The number of fused-ring (bicyclic) bond motifs is 1. The average Bonchev–Trinajstić information content (AvgIpc) is 3.55. The molecule has 5 rings (SSSR count). The minimum atomic E-state index is 0.262. The molecule has 0 saturated carbocycles. The summed E-state index contributed by atoms with van der Waals surface area (Å²) >= 11 is 12.3. The normalized spacial score (nSPS) is 18.9. The van der Waals surface area contributed by atoms with Gasteiger partial charge in [0.2, 0.25) is 5.28 Å². The second-order valence-corrected chi connectivity index (χ2v) is 9.81. The van der Waals surface area contributed by atoms with Crippen molar-refractivity contribution < 1.29 is 4.74 Å². The van der Waals surface area contributed by atoms with Crippen LogP contribution in [-0.2, 0) is 11.8 Å². The molecule has 2 saturated heterocycles. The van der Waals surface area contributed by atoms with Crippen LogP contribution >= 0.6 is 23.2 Å². The van der Waals surface area contributed by atoms with Crippen molar-refractivity contribution in [1.82, 2.24) is 24.4 Å². The molecule has 7 nitrogen and oxygen atoms in total. The highest BCUT2D eigenvalue weighted by atomic mass is 35.5. The van der Waals surface area contributed by atoms with Crippen LogP contribution < -0.4 is 4.90 Å². The van der Waals surface area contributed by atoms with E-state index in [2.05, 4.69) is 45.7 Å². The molecule has 9 heteroatoms. The minimum absolute atomic E-state index is 0.262. The van der Waals surface area contributed by atoms with Crippen molar-refractivity contribution in [2.45, 2.75) is 66.0 Å². The zero-order valence-corrected chi connectivity index (χ0v) is 24.0. The number of anilines is 1. The number of benzene rings is 1. The predicted molar refractivity (Wildman–Crippen MR) is 150 cm³/mol. The van der Waals surface area contributed by atoms with E-state index in [1.807, 2.05) is 44.5 Å². The Balaban J connectivity index is 0.000000452. The Morgan fingerprint density at radius 1 is 1.03 bits per heavy atom. The summed E-state index contributed by atoms with van der Waals surface area (Å²) in [5.41, 5.74) is 2.91. The van der Waals surface area contributed by atoms with Crippen LogP contribution in [0.25, 0.3) is 11.2 Å². The Morgan fingerprint density at radius 3 is 2.25 bits per heavy atom. The van der Waals surface area contributed by atoms with Gasteiger partial charge in [-0.15, -0.1) is 0 Å². The lowest BCUT2D eigenvalue weighted by Gasteiger charge is -2.43. The van der Waals surface area contributed by atoms with Crippen molar-refractivity contribution in [3.8, 4) is 0 Å². The Morgan fingerprint density at radius 2 is 1.69 bits per heavy atom. The number of rotatable bonds is 4. The number of nitrogens with zero attached hydrogens (tertiary/aromatic N) is 6. The Kier molecular flexibility index (Phi) is 10.8. The number of hydrogen-bond acceptors (Lipinski definition) is 6. The van der Waals surface area contributed by atoms with Gasteiger partial charge in [-0.25, -0.2) is 4.98 Å². The monoisotopic (exact) mass is 534 g/mol. The fourth-order valence-corrected chi connectivity index (χ4v) is 5.10. The highest BCUT2D eigenvalue weighted by Gasteiger charge is 2.31. The van der Waals surface area contributed by atoms with E-state index in [-0.39, 0.29) is 11.3 Å². The van der Waals surface area contributed by atoms with E-state index in [0.29, 0.717) is 6.04 Å². The molecular formula is C27H40Cl2N6O. The molecule has 1 aromatic carbocycles. The average molecular weight is 536 g/mol. The van der Waals surface area contributed by atoms with Crippen molar-refractivity contribution in [2.75, 3.05) is 37.7 Å². The Labute approximate surface area is 225 Å². The molecule has 2 atom stereocenters. The summed E-state index contributed by atoms with van der Waals surface area (Å²) in [6.45, 7) is 15.2. The van der Waals surface area contributed by atoms with E-state index < -0.39 is 0 Å². The van der Waals surface area contributed by atoms with Gasteiger partial charge in [0.25, 0.3) is 0 Å². The minimum Gasteiger partial charge on any atom is -0.381 e. The van der Waals surface area contributed by atoms with Gasteiger partial charge in [0, 0.05) is 57.0 Å². The van der Waals surface area contributed by atoms with Crippen LogP contribution in [0, 0.1) is 6.92 Å². The fraction of sp³-hybridized carbons (Fsp3) is 0.593. The molecule has 2 aliphatic rings. The Bertz CT molecular complexity index is 1090. The van der Waals surface area contributed by atoms with E-state index in [0.717, 1.165) is 67.1 Å². The Hall–Kier alpha value is -1.93. The summed E-state index contributed by atoms with van der Waals surface area (Å²) in [5, 5.41) is 1.04. The van der Waals surface area contributed by atoms with E-state index >= 15 is 0 Å². The van der Waals surface area contributed by atoms with Gasteiger partial charge in [-0.3, -0.25) is 4.90 Å². The van der Waals surface area contributed by atoms with Crippen LogP contribution in [0.3, 0.4) is 0 Å². The third kappa shape index (κ3) is 6.68. The molecule has 0 amide bonds. The standard InChI is InChI=1S/C21H26Cl2N6.C4H8O.C2H6/c1-5-17(15-6-8-16(22)9-7-15)28-10-11-29(13(2)12-28)20-18-19(25-21(23)26-20)27(4)14(3)24-18;1-2-4-5-3-1;1-2/h6-9,13,17H,5,10-12H2,1-4H3;1-4H2;1-2H3. The van der Waals surface area contributed by atoms with Crippen molar-refractivity contribution in [3.63, 3.8) is 0 Å². The smallest absolute Gasteiger partial charge is 0.226 e. The second kappa shape index (κ2) is 13.6. The van der Waals surface area contributed by atoms with Crippen molar-refractivity contribution in [3.05, 3.63) is 46.0 Å². The van der Waals surface area contributed by atoms with Gasteiger partial charge in [-0.05, 0) is 62.4 Å². The molecule has 2 aliphatic heterocycles. The maximum absolute atomic E-state index is 6.26. The number of aryl methyl sites for hydroxylation is 2. The first-order valence-corrected chi connectivity index (χ1v) is 13.8. The third-order valence-corrected chi connectivity index (χ3v) is 7.16. The van der Waals surface area contributed by atoms with E-state index in [1.54, 1.807) is 0 Å². The SMILES string of the molecule is C1CCOC1.CC.CCC(c1ccc(Cl)cc1)N1CCN(c2nc(Cl)nc3c2nc(C)n3C)C(C)C1. The van der Waals surface area contributed by atoms with Crippen LogP contribution in [0.2, 0.25) is 10.3 Å². The first kappa shape index (κ1) is 28.6. The van der Waals surface area contributed by atoms with Crippen molar-refractivity contribution >= 4 is 40.2 Å².